The minimum atomic E-state index is -0.545. The third kappa shape index (κ3) is 4.11. The number of hydrogen-bond acceptors (Lipinski definition) is 4. The van der Waals surface area contributed by atoms with Crippen molar-refractivity contribution in [2.45, 2.75) is 6.92 Å². The van der Waals surface area contributed by atoms with Crippen LogP contribution in [0.3, 0.4) is 0 Å². The van der Waals surface area contributed by atoms with Crippen molar-refractivity contribution >= 4 is 29.3 Å². The number of Topliss-reactive ketones (excluding diaryl/α,β-unsaturated/α-hetero) is 1. The third-order valence-electron chi connectivity index (χ3n) is 2.02. The number of carbonyl (C=O) groups excluding carboxylic acids is 2. The maximum atomic E-state index is 11.8. The molecule has 0 saturated heterocycles. The van der Waals surface area contributed by atoms with Crippen molar-refractivity contribution in [2.75, 3.05) is 23.9 Å². The molecule has 1 aromatic carbocycles. The van der Waals surface area contributed by atoms with E-state index in [4.69, 9.17) is 4.74 Å². The molecule has 0 aliphatic carbocycles. The van der Waals surface area contributed by atoms with Crippen LogP contribution < -0.4 is 5.32 Å². The highest BCUT2D eigenvalue weighted by Gasteiger charge is 2.12. The lowest BCUT2D eigenvalue weighted by Gasteiger charge is -2.09. The van der Waals surface area contributed by atoms with Gasteiger partial charge in [0.05, 0.1) is 18.0 Å². The van der Waals surface area contributed by atoms with Gasteiger partial charge in [0.1, 0.15) is 0 Å². The smallest absolute Gasteiger partial charge is 0.411 e. The molecule has 92 valence electrons. The van der Waals surface area contributed by atoms with Gasteiger partial charge in [-0.2, -0.15) is 11.8 Å². The Morgan fingerprint density at radius 1 is 1.35 bits per heavy atom. The summed E-state index contributed by atoms with van der Waals surface area (Å²) < 4.78 is 4.77. The van der Waals surface area contributed by atoms with Gasteiger partial charge < -0.3 is 4.74 Å². The van der Waals surface area contributed by atoms with E-state index in [-0.39, 0.29) is 5.78 Å². The standard InChI is InChI=1S/C12H15NO3S/c1-3-16-12(15)13-10-7-5-4-6-9(10)11(14)8-17-2/h4-7H,3,8H2,1-2H3,(H,13,15). The molecule has 0 aromatic heterocycles. The fourth-order valence-electron chi connectivity index (χ4n) is 1.32. The minimum absolute atomic E-state index is 0.00935. The third-order valence-corrected chi connectivity index (χ3v) is 2.57. The zero-order valence-corrected chi connectivity index (χ0v) is 10.7. The molecular formula is C12H15NO3S. The molecule has 0 heterocycles. The molecule has 0 saturated carbocycles. The number of hydrogen-bond donors (Lipinski definition) is 1. The van der Waals surface area contributed by atoms with Crippen LogP contribution in [0.15, 0.2) is 24.3 Å². The van der Waals surface area contributed by atoms with E-state index in [1.807, 2.05) is 6.26 Å². The SMILES string of the molecule is CCOC(=O)Nc1ccccc1C(=O)CSC. The fourth-order valence-corrected chi connectivity index (χ4v) is 1.74. The second-order valence-corrected chi connectivity index (χ2v) is 4.11. The van der Waals surface area contributed by atoms with E-state index < -0.39 is 6.09 Å². The molecule has 0 unspecified atom stereocenters. The van der Waals surface area contributed by atoms with Gasteiger partial charge in [-0.15, -0.1) is 0 Å². The Kier molecular flexibility index (Phi) is 5.56. The normalized spacial score (nSPS) is 9.76. The number of para-hydroxylation sites is 1. The maximum absolute atomic E-state index is 11.8. The summed E-state index contributed by atoms with van der Waals surface area (Å²) in [7, 11) is 0. The molecule has 0 radical (unpaired) electrons. The van der Waals surface area contributed by atoms with Gasteiger partial charge in [0.25, 0.3) is 0 Å². The summed E-state index contributed by atoms with van der Waals surface area (Å²) in [6.45, 7) is 2.02. The zero-order valence-electron chi connectivity index (χ0n) is 9.86. The molecule has 17 heavy (non-hydrogen) atoms. The average molecular weight is 253 g/mol. The number of ketones is 1. The number of amides is 1. The minimum Gasteiger partial charge on any atom is -0.450 e. The molecule has 1 amide bonds. The molecule has 5 heteroatoms. The highest BCUT2D eigenvalue weighted by atomic mass is 32.2. The van der Waals surface area contributed by atoms with Gasteiger partial charge in [0, 0.05) is 5.56 Å². The number of ether oxygens (including phenoxy) is 1. The molecule has 4 nitrogen and oxygen atoms in total. The van der Waals surface area contributed by atoms with Gasteiger partial charge in [-0.3, -0.25) is 10.1 Å². The fraction of sp³-hybridized carbons (Fsp3) is 0.333. The van der Waals surface area contributed by atoms with Crippen LogP contribution in [-0.2, 0) is 4.74 Å². The van der Waals surface area contributed by atoms with Crippen molar-refractivity contribution < 1.29 is 14.3 Å². The molecule has 0 aliphatic heterocycles. The lowest BCUT2D eigenvalue weighted by Crippen LogP contribution is -2.16. The molecular weight excluding hydrogens is 238 g/mol. The van der Waals surface area contributed by atoms with Crippen molar-refractivity contribution in [3.8, 4) is 0 Å². The highest BCUT2D eigenvalue weighted by Crippen LogP contribution is 2.17. The Hall–Kier alpha value is -1.49. The predicted molar refractivity (Wildman–Crippen MR) is 69.8 cm³/mol. The van der Waals surface area contributed by atoms with Crippen molar-refractivity contribution in [1.29, 1.82) is 0 Å². The Labute approximate surface area is 105 Å². The van der Waals surface area contributed by atoms with Crippen molar-refractivity contribution in [3.05, 3.63) is 29.8 Å². The topological polar surface area (TPSA) is 55.4 Å². The number of benzene rings is 1. The Balaban J connectivity index is 2.84. The van der Waals surface area contributed by atoms with Crippen LogP contribution in [0.4, 0.5) is 10.5 Å². The summed E-state index contributed by atoms with van der Waals surface area (Å²) in [5.41, 5.74) is 1.000. The molecule has 0 aliphatic rings. The second-order valence-electron chi connectivity index (χ2n) is 3.25. The Morgan fingerprint density at radius 2 is 2.06 bits per heavy atom. The number of nitrogens with one attached hydrogen (secondary N) is 1. The van der Waals surface area contributed by atoms with E-state index in [1.54, 1.807) is 31.2 Å². The first kappa shape index (κ1) is 13.6. The second kappa shape index (κ2) is 6.96. The lowest BCUT2D eigenvalue weighted by atomic mass is 10.1. The summed E-state index contributed by atoms with van der Waals surface area (Å²) in [5, 5.41) is 2.56. The lowest BCUT2D eigenvalue weighted by molar-refractivity contribution is 0.102. The van der Waals surface area contributed by atoms with Crippen LogP contribution in [0.1, 0.15) is 17.3 Å². The Morgan fingerprint density at radius 3 is 2.71 bits per heavy atom. The van der Waals surface area contributed by atoms with Gasteiger partial charge >= 0.3 is 6.09 Å². The van der Waals surface area contributed by atoms with Crippen LogP contribution in [0, 0.1) is 0 Å². The molecule has 1 N–H and O–H groups in total. The summed E-state index contributed by atoms with van der Waals surface area (Å²) in [4.78, 5) is 23.1. The molecule has 0 atom stereocenters. The first-order valence-electron chi connectivity index (χ1n) is 5.24. The van der Waals surface area contributed by atoms with Gasteiger partial charge in [-0.25, -0.2) is 4.79 Å². The van der Waals surface area contributed by atoms with Gasteiger partial charge in [-0.05, 0) is 25.3 Å². The number of thioether (sulfide) groups is 1. The largest absolute Gasteiger partial charge is 0.450 e. The van der Waals surface area contributed by atoms with E-state index in [1.165, 1.54) is 11.8 Å². The van der Waals surface area contributed by atoms with Crippen molar-refractivity contribution in [1.82, 2.24) is 0 Å². The van der Waals surface area contributed by atoms with E-state index in [9.17, 15) is 9.59 Å². The van der Waals surface area contributed by atoms with Crippen molar-refractivity contribution in [2.24, 2.45) is 0 Å². The maximum Gasteiger partial charge on any atom is 0.411 e. The predicted octanol–water partition coefficient (Wildman–Crippen LogP) is 2.80. The van der Waals surface area contributed by atoms with E-state index >= 15 is 0 Å². The zero-order chi connectivity index (χ0) is 12.7. The molecule has 1 rings (SSSR count). The van der Waals surface area contributed by atoms with Crippen LogP contribution in [0.5, 0.6) is 0 Å². The first-order chi connectivity index (χ1) is 8.19. The van der Waals surface area contributed by atoms with Crippen LogP contribution in [-0.4, -0.2) is 30.5 Å². The quantitative estimate of drug-likeness (QED) is 0.820. The van der Waals surface area contributed by atoms with Crippen LogP contribution in [0.25, 0.3) is 0 Å². The number of anilines is 1. The average Bonchev–Trinajstić information content (AvgIpc) is 2.30. The molecule has 0 bridgehead atoms. The number of rotatable bonds is 5. The summed E-state index contributed by atoms with van der Waals surface area (Å²) in [6, 6.07) is 6.91. The van der Waals surface area contributed by atoms with Gasteiger partial charge in [-0.1, -0.05) is 12.1 Å². The summed E-state index contributed by atoms with van der Waals surface area (Å²) >= 11 is 1.45. The molecule has 0 fully saturated rings. The van der Waals surface area contributed by atoms with Crippen LogP contribution >= 0.6 is 11.8 Å². The highest BCUT2D eigenvalue weighted by molar-refractivity contribution is 7.99. The summed E-state index contributed by atoms with van der Waals surface area (Å²) in [5.74, 6) is 0.381. The van der Waals surface area contributed by atoms with E-state index in [0.717, 1.165) is 0 Å². The van der Waals surface area contributed by atoms with Gasteiger partial charge in [0.15, 0.2) is 5.78 Å². The van der Waals surface area contributed by atoms with E-state index in [0.29, 0.717) is 23.6 Å². The van der Waals surface area contributed by atoms with Crippen LogP contribution in [0.2, 0.25) is 0 Å². The molecule has 0 spiro atoms. The Bertz CT molecular complexity index is 406. The number of carbonyl (C=O) groups is 2. The van der Waals surface area contributed by atoms with E-state index in [2.05, 4.69) is 5.32 Å². The molecule has 1 aromatic rings. The summed E-state index contributed by atoms with van der Waals surface area (Å²) in [6.07, 6.45) is 1.32. The first-order valence-corrected chi connectivity index (χ1v) is 6.63. The van der Waals surface area contributed by atoms with Gasteiger partial charge in [0.2, 0.25) is 0 Å². The monoisotopic (exact) mass is 253 g/mol. The van der Waals surface area contributed by atoms with Crippen molar-refractivity contribution in [3.63, 3.8) is 0 Å².